The third-order valence-corrected chi connectivity index (χ3v) is 2.22. The molecule has 19 heavy (non-hydrogen) atoms. The summed E-state index contributed by atoms with van der Waals surface area (Å²) in [6, 6.07) is 10.3. The fraction of sp³-hybridized carbons (Fsp3) is 0.154. The van der Waals surface area contributed by atoms with E-state index in [2.05, 4.69) is 10.5 Å². The Morgan fingerprint density at radius 2 is 2.05 bits per heavy atom. The molecule has 0 aliphatic heterocycles. The van der Waals surface area contributed by atoms with Crippen LogP contribution >= 0.6 is 0 Å². The van der Waals surface area contributed by atoms with Gasteiger partial charge in [-0.2, -0.15) is 0 Å². The van der Waals surface area contributed by atoms with Gasteiger partial charge in [0, 0.05) is 11.8 Å². The zero-order valence-electron chi connectivity index (χ0n) is 10.3. The number of esters is 1. The Hall–Kier alpha value is -2.63. The van der Waals surface area contributed by atoms with Gasteiger partial charge >= 0.3 is 5.97 Å². The number of carbonyl (C=O) groups is 2. The van der Waals surface area contributed by atoms with Gasteiger partial charge in [-0.3, -0.25) is 4.79 Å². The maximum atomic E-state index is 11.5. The van der Waals surface area contributed by atoms with E-state index in [1.54, 1.807) is 31.2 Å². The minimum atomic E-state index is -0.719. The number of hydrogen-bond donors (Lipinski definition) is 1. The van der Waals surface area contributed by atoms with Crippen molar-refractivity contribution in [1.82, 2.24) is 5.16 Å². The summed E-state index contributed by atoms with van der Waals surface area (Å²) >= 11 is 0. The molecule has 0 saturated heterocycles. The van der Waals surface area contributed by atoms with Crippen LogP contribution in [0, 0.1) is 6.92 Å². The van der Waals surface area contributed by atoms with Crippen LogP contribution < -0.4 is 5.32 Å². The fourth-order valence-electron chi connectivity index (χ4n) is 1.38. The van der Waals surface area contributed by atoms with Crippen molar-refractivity contribution in [1.29, 1.82) is 0 Å². The van der Waals surface area contributed by atoms with Crippen LogP contribution in [0.1, 0.15) is 16.2 Å². The third-order valence-electron chi connectivity index (χ3n) is 2.22. The van der Waals surface area contributed by atoms with Gasteiger partial charge in [0.05, 0.1) is 5.69 Å². The second-order valence-electron chi connectivity index (χ2n) is 3.82. The number of hydrogen-bond acceptors (Lipinski definition) is 5. The number of nitrogens with zero attached hydrogens (tertiary/aromatic N) is 1. The van der Waals surface area contributed by atoms with Gasteiger partial charge in [0.15, 0.2) is 6.61 Å². The molecule has 6 nitrogen and oxygen atoms in total. The Kier molecular flexibility index (Phi) is 3.92. The number of aryl methyl sites for hydroxylation is 1. The summed E-state index contributed by atoms with van der Waals surface area (Å²) in [5.41, 5.74) is 1.21. The average Bonchev–Trinajstić information content (AvgIpc) is 2.84. The Morgan fingerprint density at radius 3 is 2.68 bits per heavy atom. The van der Waals surface area contributed by atoms with E-state index in [0.29, 0.717) is 11.4 Å². The minimum Gasteiger partial charge on any atom is -0.450 e. The largest absolute Gasteiger partial charge is 0.450 e. The first-order valence-corrected chi connectivity index (χ1v) is 5.60. The Bertz CT molecular complexity index is 577. The predicted octanol–water partition coefficient (Wildman–Crippen LogP) is 1.78. The van der Waals surface area contributed by atoms with E-state index in [4.69, 9.17) is 9.26 Å². The summed E-state index contributed by atoms with van der Waals surface area (Å²) in [6.07, 6.45) is 0. The number of carbonyl (C=O) groups excluding carboxylic acids is 2. The maximum absolute atomic E-state index is 11.5. The number of rotatable bonds is 4. The Balaban J connectivity index is 1.82. The first-order chi connectivity index (χ1) is 9.15. The molecule has 0 aliphatic carbocycles. The summed E-state index contributed by atoms with van der Waals surface area (Å²) < 4.78 is 9.51. The van der Waals surface area contributed by atoms with E-state index in [1.165, 1.54) is 6.07 Å². The van der Waals surface area contributed by atoms with Crippen molar-refractivity contribution >= 4 is 17.6 Å². The molecular weight excluding hydrogens is 248 g/mol. The Labute approximate surface area is 109 Å². The molecule has 1 aromatic carbocycles. The highest BCUT2D eigenvalue weighted by atomic mass is 16.6. The van der Waals surface area contributed by atoms with Crippen LogP contribution in [0.25, 0.3) is 0 Å². The van der Waals surface area contributed by atoms with Gasteiger partial charge < -0.3 is 14.6 Å². The first kappa shape index (κ1) is 12.8. The molecule has 1 amide bonds. The summed E-state index contributed by atoms with van der Waals surface area (Å²) in [7, 11) is 0. The molecule has 1 N–H and O–H groups in total. The lowest BCUT2D eigenvalue weighted by molar-refractivity contribution is -0.119. The number of benzene rings is 1. The quantitative estimate of drug-likeness (QED) is 0.847. The van der Waals surface area contributed by atoms with Gasteiger partial charge in [0.1, 0.15) is 0 Å². The highest BCUT2D eigenvalue weighted by Crippen LogP contribution is 2.06. The normalized spacial score (nSPS) is 9.95. The van der Waals surface area contributed by atoms with Crippen LogP contribution in [0.5, 0.6) is 0 Å². The SMILES string of the molecule is Cc1cc(C(=O)OCC(=O)Nc2ccccc2)on1. The van der Waals surface area contributed by atoms with Crippen LogP contribution in [0.15, 0.2) is 40.9 Å². The minimum absolute atomic E-state index is 0.0231. The van der Waals surface area contributed by atoms with Crippen molar-refractivity contribution in [3.63, 3.8) is 0 Å². The topological polar surface area (TPSA) is 81.4 Å². The Morgan fingerprint density at radius 1 is 1.32 bits per heavy atom. The molecule has 2 aromatic rings. The number of aromatic nitrogens is 1. The highest BCUT2D eigenvalue weighted by Gasteiger charge is 2.14. The molecule has 0 radical (unpaired) electrons. The van der Waals surface area contributed by atoms with Crippen LogP contribution in [0.3, 0.4) is 0 Å². The molecule has 0 spiro atoms. The molecule has 0 unspecified atom stereocenters. The lowest BCUT2D eigenvalue weighted by atomic mass is 10.3. The zero-order chi connectivity index (χ0) is 13.7. The fourth-order valence-corrected chi connectivity index (χ4v) is 1.38. The molecule has 1 aromatic heterocycles. The molecule has 98 valence electrons. The molecule has 2 rings (SSSR count). The lowest BCUT2D eigenvalue weighted by Crippen LogP contribution is -2.20. The number of para-hydroxylation sites is 1. The summed E-state index contributed by atoms with van der Waals surface area (Å²) in [5, 5.41) is 6.15. The number of anilines is 1. The standard InChI is InChI=1S/C13H12N2O4/c1-9-7-11(19-15-9)13(17)18-8-12(16)14-10-5-3-2-4-6-10/h2-7H,8H2,1H3,(H,14,16). The van der Waals surface area contributed by atoms with Gasteiger partial charge in [-0.1, -0.05) is 23.4 Å². The van der Waals surface area contributed by atoms with E-state index in [9.17, 15) is 9.59 Å². The van der Waals surface area contributed by atoms with E-state index < -0.39 is 11.9 Å². The van der Waals surface area contributed by atoms with Gasteiger partial charge in [-0.05, 0) is 19.1 Å². The van der Waals surface area contributed by atoms with Crippen LogP contribution in [-0.2, 0) is 9.53 Å². The zero-order valence-corrected chi connectivity index (χ0v) is 10.3. The van der Waals surface area contributed by atoms with Gasteiger partial charge in [0.25, 0.3) is 5.91 Å². The lowest BCUT2D eigenvalue weighted by Gasteiger charge is -2.04. The molecule has 0 atom stereocenters. The van der Waals surface area contributed by atoms with Crippen molar-refractivity contribution in [2.75, 3.05) is 11.9 Å². The van der Waals surface area contributed by atoms with Gasteiger partial charge in [0.2, 0.25) is 5.76 Å². The van der Waals surface area contributed by atoms with E-state index in [1.807, 2.05) is 6.07 Å². The maximum Gasteiger partial charge on any atom is 0.377 e. The van der Waals surface area contributed by atoms with Crippen molar-refractivity contribution in [3.8, 4) is 0 Å². The monoisotopic (exact) mass is 260 g/mol. The summed E-state index contributed by atoms with van der Waals surface area (Å²) in [6.45, 7) is 1.30. The highest BCUT2D eigenvalue weighted by molar-refractivity contribution is 5.94. The van der Waals surface area contributed by atoms with Crippen LogP contribution in [0.2, 0.25) is 0 Å². The molecule has 0 aliphatic rings. The smallest absolute Gasteiger partial charge is 0.377 e. The van der Waals surface area contributed by atoms with Crippen LogP contribution in [-0.4, -0.2) is 23.6 Å². The molecule has 6 heteroatoms. The molecule has 0 bridgehead atoms. The molecule has 0 saturated carbocycles. The first-order valence-electron chi connectivity index (χ1n) is 5.60. The molecule has 0 fully saturated rings. The van der Waals surface area contributed by atoms with Crippen molar-refractivity contribution in [2.45, 2.75) is 6.92 Å². The van der Waals surface area contributed by atoms with E-state index in [0.717, 1.165) is 0 Å². The average molecular weight is 260 g/mol. The third kappa shape index (κ3) is 3.67. The number of amides is 1. The molecular formula is C13H12N2O4. The number of nitrogens with one attached hydrogen (secondary N) is 1. The summed E-state index contributed by atoms with van der Waals surface area (Å²) in [5.74, 6) is -1.16. The van der Waals surface area contributed by atoms with E-state index in [-0.39, 0.29) is 12.4 Å². The molecule has 1 heterocycles. The van der Waals surface area contributed by atoms with Gasteiger partial charge in [-0.15, -0.1) is 0 Å². The predicted molar refractivity (Wildman–Crippen MR) is 66.6 cm³/mol. The summed E-state index contributed by atoms with van der Waals surface area (Å²) in [4.78, 5) is 23.0. The van der Waals surface area contributed by atoms with Crippen LogP contribution in [0.4, 0.5) is 5.69 Å². The second-order valence-corrected chi connectivity index (χ2v) is 3.82. The number of ether oxygens (including phenoxy) is 1. The van der Waals surface area contributed by atoms with Crippen molar-refractivity contribution in [3.05, 3.63) is 47.9 Å². The van der Waals surface area contributed by atoms with Crippen molar-refractivity contribution < 1.29 is 18.8 Å². The van der Waals surface area contributed by atoms with E-state index >= 15 is 0 Å². The second kappa shape index (κ2) is 5.81. The van der Waals surface area contributed by atoms with Gasteiger partial charge in [-0.25, -0.2) is 4.79 Å². The van der Waals surface area contributed by atoms with Crippen molar-refractivity contribution in [2.24, 2.45) is 0 Å².